The third-order valence-corrected chi connectivity index (χ3v) is 3.64. The van der Waals surface area contributed by atoms with Crippen LogP contribution in [0.4, 0.5) is 0 Å². The fraction of sp³-hybridized carbons (Fsp3) is 0.533. The summed E-state index contributed by atoms with van der Waals surface area (Å²) in [6.07, 6.45) is 1.50. The van der Waals surface area contributed by atoms with Crippen LogP contribution in [-0.4, -0.2) is 31.7 Å². The number of ether oxygens (including phenoxy) is 1. The molecule has 0 spiro atoms. The summed E-state index contributed by atoms with van der Waals surface area (Å²) in [4.78, 5) is 12.2. The zero-order valence-electron chi connectivity index (χ0n) is 11.7. The summed E-state index contributed by atoms with van der Waals surface area (Å²) >= 11 is 5.91. The molecule has 1 fully saturated rings. The van der Waals surface area contributed by atoms with Gasteiger partial charge in [-0.1, -0.05) is 37.1 Å². The Kier molecular flexibility index (Phi) is 5.83. The lowest BCUT2D eigenvalue weighted by molar-refractivity contribution is -0.135. The Bertz CT molecular complexity index is 430. The Morgan fingerprint density at radius 2 is 2.25 bits per heavy atom. The molecule has 0 aromatic heterocycles. The van der Waals surface area contributed by atoms with Crippen LogP contribution in [-0.2, 0) is 9.53 Å². The normalized spacial score (nSPS) is 20.4. The van der Waals surface area contributed by atoms with Gasteiger partial charge in [0.05, 0.1) is 12.6 Å². The Morgan fingerprint density at radius 1 is 1.50 bits per heavy atom. The second-order valence-corrected chi connectivity index (χ2v) is 5.40. The minimum Gasteiger partial charge on any atom is -0.366 e. The molecular formula is C15H21ClN2O2. The standard InChI is InChI=1S/C15H21ClN2O2/c1-2-3-13(11-4-6-12(16)7-5-11)18-15(19)14-10-17-8-9-20-14/h4-7,13-14,17H,2-3,8-10H2,1H3,(H,18,19). The van der Waals surface area contributed by atoms with E-state index in [1.807, 2.05) is 24.3 Å². The number of amides is 1. The van der Waals surface area contributed by atoms with Crippen molar-refractivity contribution < 1.29 is 9.53 Å². The van der Waals surface area contributed by atoms with E-state index in [2.05, 4.69) is 17.6 Å². The number of morpholine rings is 1. The van der Waals surface area contributed by atoms with Crippen molar-refractivity contribution in [2.24, 2.45) is 0 Å². The van der Waals surface area contributed by atoms with Gasteiger partial charge in [0.15, 0.2) is 0 Å². The number of nitrogens with one attached hydrogen (secondary N) is 2. The zero-order chi connectivity index (χ0) is 14.4. The van der Waals surface area contributed by atoms with Gasteiger partial charge in [0.2, 0.25) is 0 Å². The van der Waals surface area contributed by atoms with Crippen molar-refractivity contribution in [3.63, 3.8) is 0 Å². The lowest BCUT2D eigenvalue weighted by atomic mass is 10.0. The van der Waals surface area contributed by atoms with Crippen LogP contribution in [0.5, 0.6) is 0 Å². The van der Waals surface area contributed by atoms with Gasteiger partial charge in [0.25, 0.3) is 5.91 Å². The van der Waals surface area contributed by atoms with E-state index < -0.39 is 6.10 Å². The Hall–Kier alpha value is -1.10. The van der Waals surface area contributed by atoms with E-state index in [1.54, 1.807) is 0 Å². The minimum atomic E-state index is -0.393. The van der Waals surface area contributed by atoms with E-state index in [-0.39, 0.29) is 11.9 Å². The van der Waals surface area contributed by atoms with Gasteiger partial charge in [-0.05, 0) is 24.1 Å². The minimum absolute atomic E-state index is 0.00953. The van der Waals surface area contributed by atoms with Crippen LogP contribution >= 0.6 is 11.6 Å². The van der Waals surface area contributed by atoms with Crippen molar-refractivity contribution >= 4 is 17.5 Å². The second-order valence-electron chi connectivity index (χ2n) is 4.96. The van der Waals surface area contributed by atoms with Crippen LogP contribution in [0.1, 0.15) is 31.4 Å². The molecule has 0 aliphatic carbocycles. The smallest absolute Gasteiger partial charge is 0.250 e. The fourth-order valence-electron chi connectivity index (χ4n) is 2.30. The number of halogens is 1. The molecule has 4 nitrogen and oxygen atoms in total. The maximum absolute atomic E-state index is 12.2. The number of rotatable bonds is 5. The first-order chi connectivity index (χ1) is 9.70. The molecule has 2 rings (SSSR count). The third kappa shape index (κ3) is 4.20. The van der Waals surface area contributed by atoms with Crippen molar-refractivity contribution in [3.05, 3.63) is 34.9 Å². The first-order valence-electron chi connectivity index (χ1n) is 7.09. The highest BCUT2D eigenvalue weighted by atomic mass is 35.5. The fourth-order valence-corrected chi connectivity index (χ4v) is 2.43. The average Bonchev–Trinajstić information content (AvgIpc) is 2.48. The van der Waals surface area contributed by atoms with Gasteiger partial charge < -0.3 is 15.4 Å². The number of hydrogen-bond acceptors (Lipinski definition) is 3. The zero-order valence-corrected chi connectivity index (χ0v) is 12.5. The summed E-state index contributed by atoms with van der Waals surface area (Å²) in [6, 6.07) is 7.64. The molecule has 2 atom stereocenters. The molecule has 1 aliphatic heterocycles. The largest absolute Gasteiger partial charge is 0.366 e. The predicted octanol–water partition coefficient (Wildman–Crippen LogP) is 2.29. The summed E-state index contributed by atoms with van der Waals surface area (Å²) < 4.78 is 5.48. The number of carbonyl (C=O) groups excluding carboxylic acids is 1. The number of hydrogen-bond donors (Lipinski definition) is 2. The van der Waals surface area contributed by atoms with Crippen LogP contribution in [0, 0.1) is 0 Å². The van der Waals surface area contributed by atoms with Crippen LogP contribution in [0.3, 0.4) is 0 Å². The van der Waals surface area contributed by atoms with Crippen molar-refractivity contribution in [3.8, 4) is 0 Å². The molecule has 0 saturated carbocycles. The molecule has 110 valence electrons. The van der Waals surface area contributed by atoms with Crippen molar-refractivity contribution in [1.82, 2.24) is 10.6 Å². The van der Waals surface area contributed by atoms with Gasteiger partial charge in [0.1, 0.15) is 6.10 Å². The third-order valence-electron chi connectivity index (χ3n) is 3.39. The number of benzene rings is 1. The Morgan fingerprint density at radius 3 is 2.85 bits per heavy atom. The lowest BCUT2D eigenvalue weighted by Crippen LogP contribution is -2.48. The van der Waals surface area contributed by atoms with Crippen LogP contribution in [0.15, 0.2) is 24.3 Å². The molecule has 0 bridgehead atoms. The lowest BCUT2D eigenvalue weighted by Gasteiger charge is -2.26. The molecule has 20 heavy (non-hydrogen) atoms. The molecule has 1 aromatic rings. The topological polar surface area (TPSA) is 50.4 Å². The Balaban J connectivity index is 2.01. The van der Waals surface area contributed by atoms with Gasteiger partial charge in [-0.3, -0.25) is 4.79 Å². The van der Waals surface area contributed by atoms with E-state index >= 15 is 0 Å². The first kappa shape index (κ1) is 15.3. The second kappa shape index (κ2) is 7.62. The molecule has 1 aliphatic rings. The molecule has 2 unspecified atom stereocenters. The van der Waals surface area contributed by atoms with Crippen LogP contribution in [0.2, 0.25) is 5.02 Å². The molecule has 1 aromatic carbocycles. The van der Waals surface area contributed by atoms with Crippen LogP contribution in [0.25, 0.3) is 0 Å². The summed E-state index contributed by atoms with van der Waals surface area (Å²) in [7, 11) is 0. The molecule has 1 saturated heterocycles. The van der Waals surface area contributed by atoms with E-state index in [1.165, 1.54) is 0 Å². The Labute approximate surface area is 124 Å². The highest BCUT2D eigenvalue weighted by Crippen LogP contribution is 2.21. The van der Waals surface area contributed by atoms with Crippen LogP contribution < -0.4 is 10.6 Å². The molecular weight excluding hydrogens is 276 g/mol. The van der Waals surface area contributed by atoms with Gasteiger partial charge in [-0.15, -0.1) is 0 Å². The molecule has 5 heteroatoms. The summed E-state index contributed by atoms with van der Waals surface area (Å²) in [5, 5.41) is 6.95. The average molecular weight is 297 g/mol. The van der Waals surface area contributed by atoms with Gasteiger partial charge >= 0.3 is 0 Å². The first-order valence-corrected chi connectivity index (χ1v) is 7.46. The maximum Gasteiger partial charge on any atom is 0.250 e. The van der Waals surface area contributed by atoms with E-state index in [0.717, 1.165) is 24.9 Å². The number of carbonyl (C=O) groups is 1. The van der Waals surface area contributed by atoms with Crippen molar-refractivity contribution in [1.29, 1.82) is 0 Å². The van der Waals surface area contributed by atoms with Gasteiger partial charge in [-0.25, -0.2) is 0 Å². The molecule has 1 heterocycles. The molecule has 2 N–H and O–H groups in total. The summed E-state index contributed by atoms with van der Waals surface area (Å²) in [5.41, 5.74) is 1.08. The highest BCUT2D eigenvalue weighted by Gasteiger charge is 2.24. The quantitative estimate of drug-likeness (QED) is 0.876. The maximum atomic E-state index is 12.2. The van der Waals surface area contributed by atoms with E-state index in [9.17, 15) is 4.79 Å². The van der Waals surface area contributed by atoms with E-state index in [0.29, 0.717) is 18.2 Å². The molecule has 0 radical (unpaired) electrons. The predicted molar refractivity (Wildman–Crippen MR) is 79.9 cm³/mol. The van der Waals surface area contributed by atoms with Gasteiger partial charge in [-0.2, -0.15) is 0 Å². The monoisotopic (exact) mass is 296 g/mol. The SMILES string of the molecule is CCCC(NC(=O)C1CNCCO1)c1ccc(Cl)cc1. The summed E-state index contributed by atoms with van der Waals surface area (Å²) in [6.45, 7) is 4.07. The van der Waals surface area contributed by atoms with Crippen molar-refractivity contribution in [2.45, 2.75) is 31.9 Å². The van der Waals surface area contributed by atoms with E-state index in [4.69, 9.17) is 16.3 Å². The summed E-state index contributed by atoms with van der Waals surface area (Å²) in [5.74, 6) is -0.0504. The van der Waals surface area contributed by atoms with Gasteiger partial charge in [0, 0.05) is 18.1 Å². The molecule has 1 amide bonds. The highest BCUT2D eigenvalue weighted by molar-refractivity contribution is 6.30. The van der Waals surface area contributed by atoms with Crippen molar-refractivity contribution in [2.75, 3.05) is 19.7 Å².